The van der Waals surface area contributed by atoms with Crippen LogP contribution in [0.15, 0.2) is 35.1 Å². The van der Waals surface area contributed by atoms with Gasteiger partial charge in [0.05, 0.1) is 12.7 Å². The molecule has 3 N–H and O–H groups in total. The van der Waals surface area contributed by atoms with Gasteiger partial charge in [-0.05, 0) is 34.1 Å². The van der Waals surface area contributed by atoms with Crippen LogP contribution in [0.4, 0.5) is 5.69 Å². The van der Waals surface area contributed by atoms with Gasteiger partial charge in [-0.2, -0.15) is 0 Å². The molecule has 1 aromatic carbocycles. The second kappa shape index (κ2) is 5.92. The van der Waals surface area contributed by atoms with E-state index >= 15 is 0 Å². The predicted molar refractivity (Wildman–Crippen MR) is 78.5 cm³/mol. The summed E-state index contributed by atoms with van der Waals surface area (Å²) in [6, 6.07) is 5.79. The molecule has 0 saturated carbocycles. The molecule has 0 aliphatic rings. The van der Waals surface area contributed by atoms with E-state index < -0.39 is 0 Å². The number of nitrogens with zero attached hydrogens (tertiary/aromatic N) is 3. The minimum Gasteiger partial charge on any atom is -0.389 e. The Morgan fingerprint density at radius 1 is 1.50 bits per heavy atom. The van der Waals surface area contributed by atoms with Crippen LogP contribution in [-0.2, 0) is 6.54 Å². The molecule has 0 spiro atoms. The number of aromatic nitrogens is 3. The van der Waals surface area contributed by atoms with Crippen molar-refractivity contribution < 1.29 is 0 Å². The van der Waals surface area contributed by atoms with E-state index in [0.29, 0.717) is 4.99 Å². The topological polar surface area (TPSA) is 68.8 Å². The molecule has 0 unspecified atom stereocenters. The summed E-state index contributed by atoms with van der Waals surface area (Å²) >= 11 is 8.39. The molecule has 5 nitrogen and oxygen atoms in total. The Kier molecular flexibility index (Phi) is 4.27. The van der Waals surface area contributed by atoms with Gasteiger partial charge in [-0.15, -0.1) is 5.10 Å². The van der Waals surface area contributed by atoms with Crippen LogP contribution in [0.1, 0.15) is 5.56 Å². The van der Waals surface area contributed by atoms with Crippen LogP contribution in [0.2, 0.25) is 0 Å². The molecule has 7 heteroatoms. The van der Waals surface area contributed by atoms with E-state index in [0.717, 1.165) is 28.8 Å². The maximum atomic E-state index is 5.59. The average Bonchev–Trinajstić information content (AvgIpc) is 2.81. The summed E-state index contributed by atoms with van der Waals surface area (Å²) in [7, 11) is 0. The van der Waals surface area contributed by atoms with Gasteiger partial charge in [-0.1, -0.05) is 17.4 Å². The molecule has 94 valence electrons. The maximum absolute atomic E-state index is 5.59. The summed E-state index contributed by atoms with van der Waals surface area (Å²) < 4.78 is 2.66. The number of hydrogen-bond acceptors (Lipinski definition) is 4. The van der Waals surface area contributed by atoms with E-state index in [4.69, 9.17) is 18.0 Å². The molecule has 2 aromatic rings. The van der Waals surface area contributed by atoms with Crippen molar-refractivity contribution in [3.63, 3.8) is 0 Å². The fourth-order valence-electron chi connectivity index (χ4n) is 1.49. The van der Waals surface area contributed by atoms with Crippen molar-refractivity contribution in [3.8, 4) is 0 Å². The second-order valence-electron chi connectivity index (χ2n) is 3.65. The summed E-state index contributed by atoms with van der Waals surface area (Å²) in [5.41, 5.74) is 7.43. The quantitative estimate of drug-likeness (QED) is 0.820. The van der Waals surface area contributed by atoms with Gasteiger partial charge in [0.2, 0.25) is 0 Å². The highest BCUT2D eigenvalue weighted by Crippen LogP contribution is 2.21. The van der Waals surface area contributed by atoms with Gasteiger partial charge in [0.1, 0.15) is 4.99 Å². The highest BCUT2D eigenvalue weighted by atomic mass is 79.9. The number of hydrogen-bond donors (Lipinski definition) is 2. The fraction of sp³-hybridized carbons (Fsp3) is 0.182. The number of nitrogens with one attached hydrogen (secondary N) is 1. The van der Waals surface area contributed by atoms with Crippen molar-refractivity contribution in [2.24, 2.45) is 5.73 Å². The number of nitrogens with two attached hydrogens (primary N) is 1. The molecule has 0 fully saturated rings. The molecule has 0 bridgehead atoms. The van der Waals surface area contributed by atoms with Crippen LogP contribution < -0.4 is 11.1 Å². The van der Waals surface area contributed by atoms with Crippen molar-refractivity contribution in [3.05, 3.63) is 40.6 Å². The summed E-state index contributed by atoms with van der Waals surface area (Å²) in [5, 5.41) is 10.9. The number of thiocarbonyl (C=S) groups is 1. The van der Waals surface area contributed by atoms with Gasteiger partial charge >= 0.3 is 0 Å². The lowest BCUT2D eigenvalue weighted by molar-refractivity contribution is 0.609. The van der Waals surface area contributed by atoms with Gasteiger partial charge in [0.25, 0.3) is 0 Å². The smallest absolute Gasteiger partial charge is 0.105 e. The van der Waals surface area contributed by atoms with Gasteiger partial charge in [-0.3, -0.25) is 4.68 Å². The summed E-state index contributed by atoms with van der Waals surface area (Å²) in [6.07, 6.45) is 3.49. The number of rotatable bonds is 5. The number of anilines is 1. The molecule has 1 heterocycles. The molecule has 0 aliphatic heterocycles. The van der Waals surface area contributed by atoms with Crippen LogP contribution in [0.25, 0.3) is 0 Å². The Balaban J connectivity index is 1.94. The summed E-state index contributed by atoms with van der Waals surface area (Å²) in [5.74, 6) is 0. The molecule has 1 aromatic heterocycles. The van der Waals surface area contributed by atoms with Gasteiger partial charge < -0.3 is 11.1 Å². The van der Waals surface area contributed by atoms with Crippen LogP contribution in [0.3, 0.4) is 0 Å². The first-order chi connectivity index (χ1) is 8.66. The van der Waals surface area contributed by atoms with E-state index in [-0.39, 0.29) is 0 Å². The largest absolute Gasteiger partial charge is 0.389 e. The van der Waals surface area contributed by atoms with Crippen LogP contribution in [0.5, 0.6) is 0 Å². The Labute approximate surface area is 118 Å². The molecular weight excluding hydrogens is 314 g/mol. The summed E-state index contributed by atoms with van der Waals surface area (Å²) in [4.78, 5) is 0.385. The molecule has 0 atom stereocenters. The van der Waals surface area contributed by atoms with Crippen molar-refractivity contribution in [1.82, 2.24) is 15.0 Å². The summed E-state index contributed by atoms with van der Waals surface area (Å²) in [6.45, 7) is 1.52. The Morgan fingerprint density at radius 2 is 2.33 bits per heavy atom. The fourth-order valence-corrected chi connectivity index (χ4v) is 2.39. The monoisotopic (exact) mass is 325 g/mol. The lowest BCUT2D eigenvalue weighted by Crippen LogP contribution is -2.12. The SMILES string of the molecule is NC(=S)c1ccc(NCCn2ccnn2)cc1Br. The maximum Gasteiger partial charge on any atom is 0.105 e. The zero-order valence-electron chi connectivity index (χ0n) is 9.51. The lowest BCUT2D eigenvalue weighted by Gasteiger charge is -2.09. The molecule has 0 amide bonds. The van der Waals surface area contributed by atoms with E-state index in [1.807, 2.05) is 24.4 Å². The zero-order valence-corrected chi connectivity index (χ0v) is 11.9. The van der Waals surface area contributed by atoms with Crippen LogP contribution >= 0.6 is 28.1 Å². The first-order valence-corrected chi connectivity index (χ1v) is 6.54. The van der Waals surface area contributed by atoms with E-state index in [9.17, 15) is 0 Å². The standard InChI is InChI=1S/C11H12BrN5S/c12-10-7-8(1-2-9(10)11(13)18)14-3-5-17-6-4-15-16-17/h1-2,4,6-7,14H,3,5H2,(H2,13,18). The van der Waals surface area contributed by atoms with Crippen molar-refractivity contribution in [1.29, 1.82) is 0 Å². The predicted octanol–water partition coefficient (Wildman–Crippen LogP) is 1.79. The van der Waals surface area contributed by atoms with Gasteiger partial charge in [0.15, 0.2) is 0 Å². The Morgan fingerprint density at radius 3 is 2.94 bits per heavy atom. The van der Waals surface area contributed by atoms with Crippen LogP contribution in [0, 0.1) is 0 Å². The lowest BCUT2D eigenvalue weighted by atomic mass is 10.2. The average molecular weight is 326 g/mol. The second-order valence-corrected chi connectivity index (χ2v) is 4.95. The van der Waals surface area contributed by atoms with Crippen LogP contribution in [-0.4, -0.2) is 26.5 Å². The minimum absolute atomic E-state index is 0.385. The van der Waals surface area contributed by atoms with Crippen molar-refractivity contribution >= 4 is 38.8 Å². The van der Waals surface area contributed by atoms with Crippen molar-refractivity contribution in [2.75, 3.05) is 11.9 Å². The first kappa shape index (κ1) is 13.0. The first-order valence-electron chi connectivity index (χ1n) is 5.34. The van der Waals surface area contributed by atoms with E-state index in [1.54, 1.807) is 10.9 Å². The molecule has 0 aliphatic carbocycles. The van der Waals surface area contributed by atoms with E-state index in [2.05, 4.69) is 31.6 Å². The third-order valence-electron chi connectivity index (χ3n) is 2.38. The third-order valence-corrected chi connectivity index (χ3v) is 3.25. The highest BCUT2D eigenvalue weighted by molar-refractivity contribution is 9.10. The molecule has 18 heavy (non-hydrogen) atoms. The molecule has 0 radical (unpaired) electrons. The normalized spacial score (nSPS) is 10.3. The minimum atomic E-state index is 0.385. The molecule has 0 saturated heterocycles. The van der Waals surface area contributed by atoms with Gasteiger partial charge in [-0.25, -0.2) is 0 Å². The van der Waals surface area contributed by atoms with Gasteiger partial charge in [0, 0.05) is 28.5 Å². The zero-order chi connectivity index (χ0) is 13.0. The number of halogens is 1. The third kappa shape index (κ3) is 3.27. The highest BCUT2D eigenvalue weighted by Gasteiger charge is 2.03. The van der Waals surface area contributed by atoms with Crippen molar-refractivity contribution in [2.45, 2.75) is 6.54 Å². The Bertz CT molecular complexity index is 540. The molecular formula is C11H12BrN5S. The van der Waals surface area contributed by atoms with E-state index in [1.165, 1.54) is 0 Å². The Hall–Kier alpha value is -1.47. The number of benzene rings is 1. The molecule has 2 rings (SSSR count).